The number of ether oxygens (including phenoxy) is 1. The molecule has 4 atom stereocenters. The van der Waals surface area contributed by atoms with Crippen LogP contribution in [0.1, 0.15) is 32.3 Å². The van der Waals surface area contributed by atoms with Gasteiger partial charge in [-0.3, -0.25) is 14.9 Å². The molecule has 9 nitrogen and oxygen atoms in total. The van der Waals surface area contributed by atoms with Crippen molar-refractivity contribution in [2.75, 3.05) is 13.2 Å². The number of aryl methyl sites for hydroxylation is 1. The normalized spacial score (nSPS) is 22.5. The monoisotopic (exact) mass is 473 g/mol. The second kappa shape index (κ2) is 10.7. The molecule has 1 aromatic rings. The Kier molecular flexibility index (Phi) is 8.53. The second-order valence-electron chi connectivity index (χ2n) is 7.86. The van der Waals surface area contributed by atoms with E-state index in [1.54, 1.807) is 6.92 Å². The van der Waals surface area contributed by atoms with Crippen molar-refractivity contribution in [3.8, 4) is 0 Å². The smallest absolute Gasteiger partial charge is 0.418 e. The zero-order valence-corrected chi connectivity index (χ0v) is 18.2. The summed E-state index contributed by atoms with van der Waals surface area (Å²) in [5.41, 5.74) is -2.29. The lowest BCUT2D eigenvalue weighted by molar-refractivity contribution is -0.182. The van der Waals surface area contributed by atoms with Gasteiger partial charge in [0.15, 0.2) is 0 Å². The van der Waals surface area contributed by atoms with Crippen molar-refractivity contribution >= 4 is 17.8 Å². The van der Waals surface area contributed by atoms with Gasteiger partial charge in [0.05, 0.1) is 19.2 Å². The minimum atomic E-state index is -5.13. The average Bonchev–Trinajstić information content (AvgIpc) is 3.18. The molecule has 1 aliphatic rings. The topological polar surface area (TPSA) is 125 Å². The number of benzene rings is 1. The SMILES string of the molecule is CCOC(=O)[C@H](CCc1ccccc1)N[C@@H](C)C(=O)N1CC(N=O)(C(F)(F)F)C[C@H]1C(=O)O. The lowest BCUT2D eigenvalue weighted by Crippen LogP contribution is -2.54. The fourth-order valence-corrected chi connectivity index (χ4v) is 3.75. The number of hydrogen-bond donors (Lipinski definition) is 2. The maximum atomic E-state index is 13.5. The van der Waals surface area contributed by atoms with Crippen molar-refractivity contribution in [3.05, 3.63) is 40.8 Å². The molecular formula is C21H26F3N3O6. The van der Waals surface area contributed by atoms with Crippen molar-refractivity contribution in [2.45, 2.75) is 63.0 Å². The number of nitrogens with zero attached hydrogens (tertiary/aromatic N) is 2. The Balaban J connectivity index is 2.18. The first kappa shape index (κ1) is 26.2. The molecule has 12 heteroatoms. The van der Waals surface area contributed by atoms with E-state index in [1.165, 1.54) is 6.92 Å². The molecule has 1 aliphatic heterocycles. The second-order valence-corrected chi connectivity index (χ2v) is 7.86. The van der Waals surface area contributed by atoms with Crippen LogP contribution in [0.3, 0.4) is 0 Å². The predicted molar refractivity (Wildman–Crippen MR) is 110 cm³/mol. The Bertz CT molecular complexity index is 867. The molecule has 33 heavy (non-hydrogen) atoms. The van der Waals surface area contributed by atoms with Crippen LogP contribution in [0.4, 0.5) is 13.2 Å². The first-order chi connectivity index (χ1) is 15.5. The quantitative estimate of drug-likeness (QED) is 0.394. The molecule has 1 heterocycles. The number of halogens is 3. The summed E-state index contributed by atoms with van der Waals surface area (Å²) in [5.74, 6) is -3.33. The molecule has 182 valence electrons. The fourth-order valence-electron chi connectivity index (χ4n) is 3.75. The number of esters is 1. The number of aliphatic carboxylic acids is 1. The summed E-state index contributed by atoms with van der Waals surface area (Å²) in [6.45, 7) is 1.77. The van der Waals surface area contributed by atoms with Crippen molar-refractivity contribution in [2.24, 2.45) is 5.18 Å². The van der Waals surface area contributed by atoms with E-state index < -0.39 is 60.7 Å². The summed E-state index contributed by atoms with van der Waals surface area (Å²) in [4.78, 5) is 48.4. The number of alkyl halides is 3. The van der Waals surface area contributed by atoms with Crippen LogP contribution in [0.15, 0.2) is 35.5 Å². The standard InChI is InChI=1S/C21H26F3N3O6/c1-3-33-19(31)15(10-9-14-7-5-4-6-8-14)25-13(2)17(28)27-12-20(26-32,21(22,23)24)11-16(27)18(29)30/h4-8,13,15-16,25H,3,9-12H2,1-2H3,(H,29,30)/t13-,15-,16-,20?/m0/s1. The zero-order chi connectivity index (χ0) is 24.8. The van der Waals surface area contributed by atoms with Gasteiger partial charge in [-0.15, -0.1) is 4.91 Å². The number of rotatable bonds is 10. The van der Waals surface area contributed by atoms with Gasteiger partial charge in [0.25, 0.3) is 0 Å². The van der Waals surface area contributed by atoms with Crippen LogP contribution in [-0.4, -0.2) is 70.8 Å². The van der Waals surface area contributed by atoms with Gasteiger partial charge in [-0.2, -0.15) is 13.2 Å². The number of amides is 1. The number of likely N-dealkylation sites (tertiary alicyclic amines) is 1. The van der Waals surface area contributed by atoms with Crippen LogP contribution in [0.2, 0.25) is 0 Å². The molecule has 2 rings (SSSR count). The highest BCUT2D eigenvalue weighted by molar-refractivity contribution is 5.88. The van der Waals surface area contributed by atoms with Crippen molar-refractivity contribution in [3.63, 3.8) is 0 Å². The Labute approximate surface area is 188 Å². The van der Waals surface area contributed by atoms with Crippen molar-refractivity contribution < 1.29 is 37.4 Å². The van der Waals surface area contributed by atoms with Crippen LogP contribution in [0.25, 0.3) is 0 Å². The van der Waals surface area contributed by atoms with Crippen LogP contribution in [0.5, 0.6) is 0 Å². The Morgan fingerprint density at radius 2 is 1.94 bits per heavy atom. The number of hydrogen-bond acceptors (Lipinski definition) is 7. The van der Waals surface area contributed by atoms with Gasteiger partial charge < -0.3 is 14.7 Å². The van der Waals surface area contributed by atoms with Crippen LogP contribution in [0, 0.1) is 4.91 Å². The molecule has 0 aromatic heterocycles. The van der Waals surface area contributed by atoms with Crippen LogP contribution < -0.4 is 5.32 Å². The summed E-state index contributed by atoms with van der Waals surface area (Å²) in [7, 11) is 0. The van der Waals surface area contributed by atoms with Crippen LogP contribution in [-0.2, 0) is 25.5 Å². The number of nitroso groups, excluding NO2 is 1. The Morgan fingerprint density at radius 3 is 2.45 bits per heavy atom. The highest BCUT2D eigenvalue weighted by Crippen LogP contribution is 2.43. The molecular weight excluding hydrogens is 447 g/mol. The van der Waals surface area contributed by atoms with E-state index >= 15 is 0 Å². The molecule has 1 aromatic carbocycles. The summed E-state index contributed by atoms with van der Waals surface area (Å²) >= 11 is 0. The van der Waals surface area contributed by atoms with E-state index in [0.717, 1.165) is 5.56 Å². The molecule has 2 N–H and O–H groups in total. The maximum Gasteiger partial charge on any atom is 0.418 e. The van der Waals surface area contributed by atoms with E-state index in [9.17, 15) is 37.6 Å². The zero-order valence-electron chi connectivity index (χ0n) is 18.2. The fraction of sp³-hybridized carbons (Fsp3) is 0.571. The molecule has 0 saturated carbocycles. The molecule has 1 unspecified atom stereocenters. The number of nitrogens with one attached hydrogen (secondary N) is 1. The van der Waals surface area contributed by atoms with Crippen LogP contribution >= 0.6 is 0 Å². The lowest BCUT2D eigenvalue weighted by atomic mass is 9.96. The highest BCUT2D eigenvalue weighted by Gasteiger charge is 2.65. The summed E-state index contributed by atoms with van der Waals surface area (Å²) in [6, 6.07) is 5.09. The van der Waals surface area contributed by atoms with Crippen molar-refractivity contribution in [1.29, 1.82) is 0 Å². The molecule has 1 fully saturated rings. The van der Waals surface area contributed by atoms with Gasteiger partial charge in [0, 0.05) is 6.42 Å². The first-order valence-corrected chi connectivity index (χ1v) is 10.4. The van der Waals surface area contributed by atoms with Gasteiger partial charge in [0.2, 0.25) is 11.4 Å². The summed E-state index contributed by atoms with van der Waals surface area (Å²) < 4.78 is 45.4. The molecule has 0 aliphatic carbocycles. The minimum absolute atomic E-state index is 0.0804. The Hall–Kier alpha value is -3.02. The van der Waals surface area contributed by atoms with E-state index in [2.05, 4.69) is 10.5 Å². The predicted octanol–water partition coefficient (Wildman–Crippen LogP) is 2.28. The highest BCUT2D eigenvalue weighted by atomic mass is 19.4. The summed E-state index contributed by atoms with van der Waals surface area (Å²) in [5, 5.41) is 14.3. The van der Waals surface area contributed by atoms with Crippen molar-refractivity contribution in [1.82, 2.24) is 10.2 Å². The van der Waals surface area contributed by atoms with E-state index in [1.807, 2.05) is 30.3 Å². The number of carboxylic acid groups (broad SMARTS) is 1. The van der Waals surface area contributed by atoms with E-state index in [0.29, 0.717) is 11.3 Å². The molecule has 0 spiro atoms. The number of carbonyl (C=O) groups is 3. The number of carbonyl (C=O) groups excluding carboxylic acids is 2. The largest absolute Gasteiger partial charge is 0.480 e. The Morgan fingerprint density at radius 1 is 1.30 bits per heavy atom. The van der Waals surface area contributed by atoms with E-state index in [4.69, 9.17) is 4.74 Å². The third-order valence-electron chi connectivity index (χ3n) is 5.57. The third kappa shape index (κ3) is 6.06. The molecule has 1 amide bonds. The average molecular weight is 473 g/mol. The maximum absolute atomic E-state index is 13.5. The molecule has 0 radical (unpaired) electrons. The van der Waals surface area contributed by atoms with Gasteiger partial charge in [-0.05, 0) is 32.3 Å². The molecule has 0 bridgehead atoms. The minimum Gasteiger partial charge on any atom is -0.480 e. The summed E-state index contributed by atoms with van der Waals surface area (Å²) in [6.07, 6.45) is -5.63. The number of carboxylic acids is 1. The third-order valence-corrected chi connectivity index (χ3v) is 5.57. The van der Waals surface area contributed by atoms with E-state index in [-0.39, 0.29) is 13.0 Å². The van der Waals surface area contributed by atoms with Gasteiger partial charge in [-0.25, -0.2) is 4.79 Å². The van der Waals surface area contributed by atoms with Gasteiger partial charge in [-0.1, -0.05) is 35.5 Å². The van der Waals surface area contributed by atoms with Gasteiger partial charge >= 0.3 is 18.1 Å². The first-order valence-electron chi connectivity index (χ1n) is 10.4. The molecule has 1 saturated heterocycles. The van der Waals surface area contributed by atoms with Gasteiger partial charge in [0.1, 0.15) is 12.1 Å². The lowest BCUT2D eigenvalue weighted by Gasteiger charge is -2.28.